The SMILES string of the molecule is CCCCNC(=O)CN1C(C(=O)O)CC2CCCCC21. The van der Waals surface area contributed by atoms with E-state index in [9.17, 15) is 14.7 Å². The molecule has 2 aliphatic rings. The van der Waals surface area contributed by atoms with Gasteiger partial charge >= 0.3 is 5.97 Å². The van der Waals surface area contributed by atoms with Gasteiger partial charge in [0.15, 0.2) is 0 Å². The van der Waals surface area contributed by atoms with Crippen LogP contribution in [0.4, 0.5) is 0 Å². The van der Waals surface area contributed by atoms with Crippen LogP contribution in [0.3, 0.4) is 0 Å². The van der Waals surface area contributed by atoms with Crippen LogP contribution >= 0.6 is 0 Å². The Morgan fingerprint density at radius 1 is 1.30 bits per heavy atom. The molecule has 1 amide bonds. The molecule has 2 rings (SSSR count). The van der Waals surface area contributed by atoms with Crippen LogP contribution in [0, 0.1) is 5.92 Å². The minimum atomic E-state index is -0.777. The molecule has 1 saturated carbocycles. The van der Waals surface area contributed by atoms with Crippen molar-refractivity contribution in [3.63, 3.8) is 0 Å². The van der Waals surface area contributed by atoms with Crippen LogP contribution in [-0.2, 0) is 9.59 Å². The van der Waals surface area contributed by atoms with Crippen molar-refractivity contribution in [1.29, 1.82) is 0 Å². The number of amides is 1. The predicted octanol–water partition coefficient (Wildman–Crippen LogP) is 1.62. The first kappa shape index (κ1) is 15.3. The summed E-state index contributed by atoms with van der Waals surface area (Å²) in [6.07, 6.45) is 7.24. The highest BCUT2D eigenvalue weighted by Gasteiger charge is 2.45. The second-order valence-electron chi connectivity index (χ2n) is 6.08. The number of nitrogens with zero attached hydrogens (tertiary/aromatic N) is 1. The number of carboxylic acid groups (broad SMARTS) is 1. The van der Waals surface area contributed by atoms with Gasteiger partial charge in [0.2, 0.25) is 5.91 Å². The van der Waals surface area contributed by atoms with Gasteiger partial charge in [0, 0.05) is 12.6 Å². The number of carboxylic acids is 1. The van der Waals surface area contributed by atoms with E-state index in [0.29, 0.717) is 24.9 Å². The molecule has 5 heteroatoms. The summed E-state index contributed by atoms with van der Waals surface area (Å²) < 4.78 is 0. The molecule has 3 unspecified atom stereocenters. The van der Waals surface area contributed by atoms with E-state index in [4.69, 9.17) is 0 Å². The Bertz CT molecular complexity index is 359. The lowest BCUT2D eigenvalue weighted by Crippen LogP contribution is -2.47. The number of hydrogen-bond donors (Lipinski definition) is 2. The molecule has 1 aliphatic carbocycles. The number of carbonyl (C=O) groups is 2. The van der Waals surface area contributed by atoms with Crippen LogP contribution in [0.2, 0.25) is 0 Å². The molecule has 20 heavy (non-hydrogen) atoms. The molecule has 2 fully saturated rings. The Morgan fingerprint density at radius 2 is 2.05 bits per heavy atom. The van der Waals surface area contributed by atoms with Crippen molar-refractivity contribution in [2.45, 2.75) is 64.0 Å². The summed E-state index contributed by atoms with van der Waals surface area (Å²) in [5.74, 6) is -0.343. The Kier molecular flexibility index (Phi) is 5.40. The molecule has 1 aliphatic heterocycles. The Labute approximate surface area is 120 Å². The van der Waals surface area contributed by atoms with E-state index < -0.39 is 12.0 Å². The van der Waals surface area contributed by atoms with Crippen LogP contribution in [0.25, 0.3) is 0 Å². The number of rotatable bonds is 6. The molecule has 3 atom stereocenters. The minimum absolute atomic E-state index is 0.0316. The highest BCUT2D eigenvalue weighted by atomic mass is 16.4. The Balaban J connectivity index is 1.94. The van der Waals surface area contributed by atoms with Gasteiger partial charge < -0.3 is 10.4 Å². The Hall–Kier alpha value is -1.10. The van der Waals surface area contributed by atoms with Gasteiger partial charge in [0.05, 0.1) is 6.54 Å². The summed E-state index contributed by atoms with van der Waals surface area (Å²) in [7, 11) is 0. The standard InChI is InChI=1S/C15H26N2O3/c1-2-3-8-16-14(18)10-17-12-7-5-4-6-11(12)9-13(17)15(19)20/h11-13H,2-10H2,1H3,(H,16,18)(H,19,20). The van der Waals surface area contributed by atoms with Gasteiger partial charge in [-0.1, -0.05) is 26.2 Å². The van der Waals surface area contributed by atoms with Crippen LogP contribution in [-0.4, -0.2) is 47.1 Å². The summed E-state index contributed by atoms with van der Waals surface area (Å²) in [6, 6.07) is -0.179. The number of unbranched alkanes of at least 4 members (excludes halogenated alkanes) is 1. The first-order valence-corrected chi connectivity index (χ1v) is 7.88. The molecular formula is C15H26N2O3. The number of carbonyl (C=O) groups excluding carboxylic acids is 1. The second-order valence-corrected chi connectivity index (χ2v) is 6.08. The topological polar surface area (TPSA) is 69.6 Å². The molecule has 2 N–H and O–H groups in total. The van der Waals surface area contributed by atoms with E-state index in [2.05, 4.69) is 12.2 Å². The van der Waals surface area contributed by atoms with Crippen molar-refractivity contribution in [2.75, 3.05) is 13.1 Å². The van der Waals surface area contributed by atoms with Gasteiger partial charge in [-0.25, -0.2) is 0 Å². The van der Waals surface area contributed by atoms with E-state index >= 15 is 0 Å². The quantitative estimate of drug-likeness (QED) is 0.726. The first-order chi connectivity index (χ1) is 9.63. The van der Waals surface area contributed by atoms with Crippen molar-refractivity contribution >= 4 is 11.9 Å². The fraction of sp³-hybridized carbons (Fsp3) is 0.867. The lowest BCUT2D eigenvalue weighted by atomic mass is 9.85. The third kappa shape index (κ3) is 3.51. The average Bonchev–Trinajstić information content (AvgIpc) is 2.78. The molecular weight excluding hydrogens is 256 g/mol. The summed E-state index contributed by atoms with van der Waals surface area (Å²) >= 11 is 0. The first-order valence-electron chi connectivity index (χ1n) is 7.88. The lowest BCUT2D eigenvalue weighted by molar-refractivity contribution is -0.143. The average molecular weight is 282 g/mol. The fourth-order valence-electron chi connectivity index (χ4n) is 3.65. The van der Waals surface area contributed by atoms with E-state index in [0.717, 1.165) is 32.1 Å². The lowest BCUT2D eigenvalue weighted by Gasteiger charge is -2.32. The maximum atomic E-state index is 12.0. The zero-order valence-corrected chi connectivity index (χ0v) is 12.3. The van der Waals surface area contributed by atoms with Crippen LogP contribution in [0.1, 0.15) is 51.9 Å². The molecule has 0 radical (unpaired) electrons. The zero-order valence-electron chi connectivity index (χ0n) is 12.3. The number of nitrogens with one attached hydrogen (secondary N) is 1. The van der Waals surface area contributed by atoms with Crippen LogP contribution < -0.4 is 5.32 Å². The molecule has 0 aromatic heterocycles. The number of likely N-dealkylation sites (tertiary alicyclic amines) is 1. The largest absolute Gasteiger partial charge is 0.480 e. The molecule has 0 aromatic carbocycles. The third-order valence-corrected chi connectivity index (χ3v) is 4.69. The monoisotopic (exact) mass is 282 g/mol. The van der Waals surface area contributed by atoms with Crippen molar-refractivity contribution in [1.82, 2.24) is 10.2 Å². The van der Waals surface area contributed by atoms with E-state index in [1.165, 1.54) is 6.42 Å². The van der Waals surface area contributed by atoms with Gasteiger partial charge in [-0.3, -0.25) is 14.5 Å². The molecule has 114 valence electrons. The number of fused-ring (bicyclic) bond motifs is 1. The van der Waals surface area contributed by atoms with Crippen molar-refractivity contribution in [2.24, 2.45) is 5.92 Å². The van der Waals surface area contributed by atoms with Crippen molar-refractivity contribution in [3.05, 3.63) is 0 Å². The highest BCUT2D eigenvalue weighted by molar-refractivity contribution is 5.80. The van der Waals surface area contributed by atoms with Crippen LogP contribution in [0.5, 0.6) is 0 Å². The molecule has 0 spiro atoms. The minimum Gasteiger partial charge on any atom is -0.480 e. The maximum Gasteiger partial charge on any atom is 0.320 e. The van der Waals surface area contributed by atoms with Gasteiger partial charge in [0.1, 0.15) is 6.04 Å². The Morgan fingerprint density at radius 3 is 2.75 bits per heavy atom. The smallest absolute Gasteiger partial charge is 0.320 e. The third-order valence-electron chi connectivity index (χ3n) is 4.69. The normalized spacial score (nSPS) is 29.9. The van der Waals surface area contributed by atoms with Crippen molar-refractivity contribution in [3.8, 4) is 0 Å². The predicted molar refractivity (Wildman–Crippen MR) is 76.4 cm³/mol. The van der Waals surface area contributed by atoms with Crippen molar-refractivity contribution < 1.29 is 14.7 Å². The number of hydrogen-bond acceptors (Lipinski definition) is 3. The molecule has 1 saturated heterocycles. The summed E-state index contributed by atoms with van der Waals surface area (Å²) in [5.41, 5.74) is 0. The fourth-order valence-corrected chi connectivity index (χ4v) is 3.65. The summed E-state index contributed by atoms with van der Waals surface area (Å²) in [5, 5.41) is 12.3. The molecule has 0 aromatic rings. The van der Waals surface area contributed by atoms with Gasteiger partial charge in [-0.05, 0) is 31.6 Å². The van der Waals surface area contributed by atoms with E-state index in [1.807, 2.05) is 4.90 Å². The summed E-state index contributed by atoms with van der Waals surface area (Å²) in [4.78, 5) is 25.3. The maximum absolute atomic E-state index is 12.0. The number of aliphatic carboxylic acids is 1. The van der Waals surface area contributed by atoms with Crippen LogP contribution in [0.15, 0.2) is 0 Å². The van der Waals surface area contributed by atoms with E-state index in [1.54, 1.807) is 0 Å². The molecule has 0 bridgehead atoms. The van der Waals surface area contributed by atoms with Gasteiger partial charge in [0.25, 0.3) is 0 Å². The highest BCUT2D eigenvalue weighted by Crippen LogP contribution is 2.39. The van der Waals surface area contributed by atoms with E-state index in [-0.39, 0.29) is 12.5 Å². The van der Waals surface area contributed by atoms with Gasteiger partial charge in [-0.2, -0.15) is 0 Å². The zero-order chi connectivity index (χ0) is 14.5. The van der Waals surface area contributed by atoms with Gasteiger partial charge in [-0.15, -0.1) is 0 Å². The molecule has 1 heterocycles. The molecule has 5 nitrogen and oxygen atoms in total. The second kappa shape index (κ2) is 7.07. The summed E-state index contributed by atoms with van der Waals surface area (Å²) in [6.45, 7) is 3.01.